The van der Waals surface area contributed by atoms with Gasteiger partial charge in [-0.15, -0.1) is 0 Å². The van der Waals surface area contributed by atoms with Gasteiger partial charge in [0.15, 0.2) is 0 Å². The molecule has 1 nitrogen and oxygen atoms in total. The quantitative estimate of drug-likeness (QED) is 0.551. The van der Waals surface area contributed by atoms with Crippen LogP contribution in [0.3, 0.4) is 0 Å². The van der Waals surface area contributed by atoms with Gasteiger partial charge in [0.2, 0.25) is 0 Å². The summed E-state index contributed by atoms with van der Waals surface area (Å²) < 4.78 is 0. The molecule has 0 unspecified atom stereocenters. The molecule has 0 fully saturated rings. The van der Waals surface area contributed by atoms with Crippen molar-refractivity contribution in [3.8, 4) is 0 Å². The van der Waals surface area contributed by atoms with Crippen molar-refractivity contribution in [3.63, 3.8) is 0 Å². The van der Waals surface area contributed by atoms with Gasteiger partial charge in [-0.3, -0.25) is 0 Å². The Kier molecular flexibility index (Phi) is 134. The van der Waals surface area contributed by atoms with E-state index in [-0.39, 0.29) is 81.5 Å². The number of hydrogen-bond acceptors (Lipinski definition) is 0. The standard InChI is InChI=1S/N.P.2Y/q2*-3;2*+3. The van der Waals surface area contributed by atoms with Crippen molar-refractivity contribution in [2.75, 3.05) is 0 Å². The third-order valence-electron chi connectivity index (χ3n) is 0. The van der Waals surface area contributed by atoms with Gasteiger partial charge in [0.25, 0.3) is 0 Å². The molecule has 4 heavy (non-hydrogen) atoms. The molecule has 16 valence electrons. The average molecular weight is 223 g/mol. The average Bonchev–Trinajstić information content (AvgIpc) is 0. The first kappa shape index (κ1) is 30.6. The largest absolute Gasteiger partial charge is 3.00 e. The maximum atomic E-state index is 0. The van der Waals surface area contributed by atoms with Crippen LogP contribution in [0.5, 0.6) is 0 Å². The van der Waals surface area contributed by atoms with E-state index in [1.807, 2.05) is 0 Å². The minimum Gasteiger partial charge on any atom is -3.00 e. The van der Waals surface area contributed by atoms with Crippen molar-refractivity contribution in [2.24, 2.45) is 0 Å². The van der Waals surface area contributed by atoms with Crippen molar-refractivity contribution in [2.45, 2.75) is 0 Å². The Morgan fingerprint density at radius 3 is 0.750 bits per heavy atom. The van der Waals surface area contributed by atoms with Crippen LogP contribution in [0.1, 0.15) is 0 Å². The van der Waals surface area contributed by atoms with Gasteiger partial charge in [-0.1, -0.05) is 0 Å². The fraction of sp³-hybridized carbons (Fsp3) is 0. The molecule has 0 spiro atoms. The summed E-state index contributed by atoms with van der Waals surface area (Å²) in [5.41, 5.74) is 0. The van der Waals surface area contributed by atoms with Gasteiger partial charge < -0.3 is 16.0 Å². The molecule has 0 aliphatic heterocycles. The van der Waals surface area contributed by atoms with E-state index >= 15 is 0 Å². The summed E-state index contributed by atoms with van der Waals surface area (Å²) in [6.45, 7) is 0. The van der Waals surface area contributed by atoms with Crippen LogP contribution in [-0.4, -0.2) is 0 Å². The van der Waals surface area contributed by atoms with Gasteiger partial charge in [-0.2, -0.15) is 0 Å². The van der Waals surface area contributed by atoms with Gasteiger partial charge >= 0.3 is 65.4 Å². The molecule has 0 saturated carbocycles. The fourth-order valence-corrected chi connectivity index (χ4v) is 0. The topological polar surface area (TPSA) is 30.5 Å². The number of hydrogen-bond donors (Lipinski definition) is 0. The van der Waals surface area contributed by atoms with Crippen LogP contribution in [0, 0.1) is 0 Å². The van der Waals surface area contributed by atoms with Crippen molar-refractivity contribution in [1.29, 1.82) is 0 Å². The molecule has 0 aromatic heterocycles. The summed E-state index contributed by atoms with van der Waals surface area (Å²) in [6.07, 6.45) is 0. The molecule has 0 heterocycles. The van der Waals surface area contributed by atoms with Crippen molar-refractivity contribution >= 4 is 9.90 Å². The zero-order chi connectivity index (χ0) is 0. The minimum absolute atomic E-state index is 0. The van der Waals surface area contributed by atoms with Crippen LogP contribution in [0.2, 0.25) is 0 Å². The smallest absolute Gasteiger partial charge is 3.00 e. The third-order valence-corrected chi connectivity index (χ3v) is 0. The monoisotopic (exact) mass is 223 g/mol. The molecule has 0 atom stereocenters. The Balaban J connectivity index is 0. The van der Waals surface area contributed by atoms with E-state index in [0.29, 0.717) is 0 Å². The normalized spacial score (nSPS) is 0. The van der Waals surface area contributed by atoms with Gasteiger partial charge in [-0.05, 0) is 0 Å². The Morgan fingerprint density at radius 1 is 0.750 bits per heavy atom. The molecule has 0 bridgehead atoms. The Labute approximate surface area is 80.0 Å². The van der Waals surface area contributed by atoms with E-state index < -0.39 is 0 Å². The second-order valence-corrected chi connectivity index (χ2v) is 0. The van der Waals surface area contributed by atoms with Crippen LogP contribution in [0.4, 0.5) is 0 Å². The van der Waals surface area contributed by atoms with E-state index in [4.69, 9.17) is 0 Å². The molecule has 0 aliphatic carbocycles. The van der Waals surface area contributed by atoms with Gasteiger partial charge in [-0.25, -0.2) is 0 Å². The molecular formula is NPY2. The minimum atomic E-state index is 0. The summed E-state index contributed by atoms with van der Waals surface area (Å²) in [6, 6.07) is 0. The number of rotatable bonds is 0. The first-order valence-electron chi connectivity index (χ1n) is 0. The van der Waals surface area contributed by atoms with Gasteiger partial charge in [0.1, 0.15) is 0 Å². The second-order valence-electron chi connectivity index (χ2n) is 0. The van der Waals surface area contributed by atoms with Crippen LogP contribution in [0.25, 0.3) is 6.15 Å². The first-order chi connectivity index (χ1) is 0. The molecular weight excluding hydrogens is 223 g/mol. The summed E-state index contributed by atoms with van der Waals surface area (Å²) in [5, 5.41) is 0. The first-order valence-corrected chi connectivity index (χ1v) is 0. The molecule has 4 heteroatoms. The Bertz CT molecular complexity index is 6.00. The fourth-order valence-electron chi connectivity index (χ4n) is 0. The van der Waals surface area contributed by atoms with E-state index in [0.717, 1.165) is 0 Å². The summed E-state index contributed by atoms with van der Waals surface area (Å²) in [7, 11) is 0. The maximum Gasteiger partial charge on any atom is 3.00 e. The van der Waals surface area contributed by atoms with Crippen LogP contribution >= 0.6 is 9.90 Å². The third kappa shape index (κ3) is 8.82. The Hall–Kier alpha value is 2.60. The van der Waals surface area contributed by atoms with Crippen molar-refractivity contribution in [3.05, 3.63) is 6.15 Å². The van der Waals surface area contributed by atoms with E-state index in [1.165, 1.54) is 0 Å². The molecule has 0 amide bonds. The van der Waals surface area contributed by atoms with Crippen LogP contribution in [0.15, 0.2) is 0 Å². The van der Waals surface area contributed by atoms with Crippen molar-refractivity contribution in [1.82, 2.24) is 0 Å². The summed E-state index contributed by atoms with van der Waals surface area (Å²) in [4.78, 5) is 0. The van der Waals surface area contributed by atoms with Crippen molar-refractivity contribution < 1.29 is 65.4 Å². The molecule has 0 N–H and O–H groups in total. The van der Waals surface area contributed by atoms with E-state index in [1.54, 1.807) is 0 Å². The summed E-state index contributed by atoms with van der Waals surface area (Å²) >= 11 is 0. The zero-order valence-electron chi connectivity index (χ0n) is 2.05. The molecule has 0 rings (SSSR count). The van der Waals surface area contributed by atoms with Gasteiger partial charge in [0.05, 0.1) is 0 Å². The molecule has 0 saturated heterocycles. The Morgan fingerprint density at radius 2 is 0.750 bits per heavy atom. The summed E-state index contributed by atoms with van der Waals surface area (Å²) in [5.74, 6) is 0. The van der Waals surface area contributed by atoms with E-state index in [9.17, 15) is 0 Å². The van der Waals surface area contributed by atoms with Crippen LogP contribution < -0.4 is 0 Å². The van der Waals surface area contributed by atoms with Gasteiger partial charge in [0, 0.05) is 0 Å². The number of nitrogens with zero attached hydrogens (tertiary/aromatic N) is 1. The predicted molar refractivity (Wildman–Crippen MR) is 10.3 cm³/mol. The molecule has 0 radical (unpaired) electrons. The van der Waals surface area contributed by atoms with Crippen LogP contribution in [-0.2, 0) is 65.4 Å². The second kappa shape index (κ2) is 17.5. The predicted octanol–water partition coefficient (Wildman–Crippen LogP) is 1.14. The molecule has 0 aromatic rings. The molecule has 0 aliphatic rings. The maximum absolute atomic E-state index is 0. The zero-order valence-corrected chi connectivity index (χ0v) is 8.62. The SMILES string of the molecule is [N-3].[P-3].[Y+3].[Y+3]. The van der Waals surface area contributed by atoms with E-state index in [2.05, 4.69) is 0 Å². The molecule has 0 aromatic carbocycles.